The Hall–Kier alpha value is -1.44. The van der Waals surface area contributed by atoms with Crippen molar-refractivity contribution in [3.63, 3.8) is 0 Å². The summed E-state index contributed by atoms with van der Waals surface area (Å²) < 4.78 is 24.9. The lowest BCUT2D eigenvalue weighted by atomic mass is 10.0. The van der Waals surface area contributed by atoms with Gasteiger partial charge < -0.3 is 14.4 Å². The van der Waals surface area contributed by atoms with Gasteiger partial charge in [-0.25, -0.2) is 4.39 Å². The van der Waals surface area contributed by atoms with Gasteiger partial charge in [-0.05, 0) is 0 Å². The molecule has 0 aliphatic carbocycles. The highest BCUT2D eigenvalue weighted by molar-refractivity contribution is 6.31. The first-order valence-electron chi connectivity index (χ1n) is 6.67. The SMILES string of the molecule is O=[N+]([O-])c1cc(Cl)c(F)cc1N1CCC2(CC1)OCCO2. The molecule has 8 heteroatoms. The molecule has 1 aromatic carbocycles. The van der Waals surface area contributed by atoms with E-state index in [-0.39, 0.29) is 16.4 Å². The summed E-state index contributed by atoms with van der Waals surface area (Å²) >= 11 is 5.63. The lowest BCUT2D eigenvalue weighted by molar-refractivity contribution is -0.384. The summed E-state index contributed by atoms with van der Waals surface area (Å²) in [6.45, 7) is 2.13. The molecular weight excluding hydrogens is 303 g/mol. The van der Waals surface area contributed by atoms with Crippen LogP contribution in [0, 0.1) is 15.9 Å². The van der Waals surface area contributed by atoms with Crippen molar-refractivity contribution in [3.8, 4) is 0 Å². The maximum absolute atomic E-state index is 13.6. The average molecular weight is 317 g/mol. The summed E-state index contributed by atoms with van der Waals surface area (Å²) in [5.41, 5.74) is 0.0559. The largest absolute Gasteiger partial charge is 0.365 e. The molecule has 0 radical (unpaired) electrons. The average Bonchev–Trinajstić information content (AvgIpc) is 2.90. The number of anilines is 1. The summed E-state index contributed by atoms with van der Waals surface area (Å²) in [6.07, 6.45) is 1.18. The Labute approximate surface area is 125 Å². The fraction of sp³-hybridized carbons (Fsp3) is 0.538. The number of nitro groups is 1. The van der Waals surface area contributed by atoms with Crippen molar-refractivity contribution >= 4 is 23.0 Å². The minimum Gasteiger partial charge on any atom is -0.365 e. The molecule has 0 aromatic heterocycles. The van der Waals surface area contributed by atoms with Crippen molar-refractivity contribution in [1.29, 1.82) is 0 Å². The molecule has 6 nitrogen and oxygen atoms in total. The topological polar surface area (TPSA) is 64.8 Å². The van der Waals surface area contributed by atoms with Gasteiger partial charge >= 0.3 is 0 Å². The summed E-state index contributed by atoms with van der Waals surface area (Å²) in [4.78, 5) is 12.3. The third-order valence-electron chi connectivity index (χ3n) is 3.89. The monoisotopic (exact) mass is 316 g/mol. The molecular formula is C13H14ClFN2O4. The first-order chi connectivity index (χ1) is 10.0. The Morgan fingerprint density at radius 3 is 2.48 bits per heavy atom. The third kappa shape index (κ3) is 2.68. The Balaban J connectivity index is 1.84. The maximum atomic E-state index is 13.6. The van der Waals surface area contributed by atoms with Crippen LogP contribution in [0.1, 0.15) is 12.8 Å². The van der Waals surface area contributed by atoms with Gasteiger partial charge in [-0.15, -0.1) is 0 Å². The number of benzene rings is 1. The van der Waals surface area contributed by atoms with E-state index in [9.17, 15) is 14.5 Å². The lowest BCUT2D eigenvalue weighted by Crippen LogP contribution is -2.45. The van der Waals surface area contributed by atoms with E-state index in [2.05, 4.69) is 0 Å². The van der Waals surface area contributed by atoms with E-state index >= 15 is 0 Å². The van der Waals surface area contributed by atoms with Crippen LogP contribution in [0.4, 0.5) is 15.8 Å². The van der Waals surface area contributed by atoms with Gasteiger partial charge in [-0.1, -0.05) is 11.6 Å². The van der Waals surface area contributed by atoms with Crippen molar-refractivity contribution in [2.45, 2.75) is 18.6 Å². The van der Waals surface area contributed by atoms with E-state index < -0.39 is 16.5 Å². The van der Waals surface area contributed by atoms with E-state index in [1.165, 1.54) is 0 Å². The van der Waals surface area contributed by atoms with E-state index in [0.29, 0.717) is 39.1 Å². The summed E-state index contributed by atoms with van der Waals surface area (Å²) in [6, 6.07) is 2.17. The Morgan fingerprint density at radius 1 is 1.29 bits per heavy atom. The first-order valence-corrected chi connectivity index (χ1v) is 7.05. The fourth-order valence-corrected chi connectivity index (χ4v) is 2.96. The summed E-state index contributed by atoms with van der Waals surface area (Å²) in [5, 5.41) is 10.9. The number of nitro benzene ring substituents is 1. The second kappa shape index (κ2) is 5.40. The number of hydrogen-bond acceptors (Lipinski definition) is 5. The molecule has 2 heterocycles. The number of rotatable bonds is 2. The standard InChI is InChI=1S/C13H14ClFN2O4/c14-9-7-12(17(18)19)11(8-10(9)15)16-3-1-13(2-4-16)20-5-6-21-13/h7-8H,1-6H2. The van der Waals surface area contributed by atoms with E-state index in [1.54, 1.807) is 4.90 Å². The molecule has 2 saturated heterocycles. The van der Waals surface area contributed by atoms with Crippen molar-refractivity contribution in [2.24, 2.45) is 0 Å². The van der Waals surface area contributed by atoms with Crippen LogP contribution < -0.4 is 4.90 Å². The van der Waals surface area contributed by atoms with Gasteiger partial charge in [0.15, 0.2) is 5.79 Å². The zero-order valence-corrected chi connectivity index (χ0v) is 11.9. The molecule has 21 heavy (non-hydrogen) atoms. The van der Waals surface area contributed by atoms with Crippen LogP contribution >= 0.6 is 11.6 Å². The highest BCUT2D eigenvalue weighted by Crippen LogP contribution is 2.38. The number of piperidine rings is 1. The Bertz CT molecular complexity index is 568. The van der Waals surface area contributed by atoms with Crippen LogP contribution in [-0.4, -0.2) is 37.0 Å². The molecule has 0 bridgehead atoms. The molecule has 0 atom stereocenters. The van der Waals surface area contributed by atoms with Crippen LogP contribution in [0.3, 0.4) is 0 Å². The molecule has 0 amide bonds. The number of halogens is 2. The second-order valence-corrected chi connectivity index (χ2v) is 5.51. The van der Waals surface area contributed by atoms with E-state index in [4.69, 9.17) is 21.1 Å². The van der Waals surface area contributed by atoms with Crippen molar-refractivity contribution < 1.29 is 18.8 Å². The number of hydrogen-bond donors (Lipinski definition) is 0. The van der Waals surface area contributed by atoms with Crippen molar-refractivity contribution in [1.82, 2.24) is 0 Å². The maximum Gasteiger partial charge on any atom is 0.294 e. The molecule has 0 unspecified atom stereocenters. The van der Waals surface area contributed by atoms with Crippen LogP contribution in [0.15, 0.2) is 12.1 Å². The van der Waals surface area contributed by atoms with Gasteiger partial charge in [0.25, 0.3) is 5.69 Å². The molecule has 2 fully saturated rings. The first kappa shape index (κ1) is 14.5. The van der Waals surface area contributed by atoms with Gasteiger partial charge in [0.1, 0.15) is 11.5 Å². The molecule has 1 spiro atoms. The van der Waals surface area contributed by atoms with Gasteiger partial charge in [-0.3, -0.25) is 10.1 Å². The molecule has 3 rings (SSSR count). The van der Waals surface area contributed by atoms with E-state index in [0.717, 1.165) is 12.1 Å². The predicted octanol–water partition coefficient (Wildman–Crippen LogP) is 2.73. The molecule has 2 aliphatic rings. The highest BCUT2D eigenvalue weighted by atomic mass is 35.5. The third-order valence-corrected chi connectivity index (χ3v) is 4.18. The van der Waals surface area contributed by atoms with Crippen LogP contribution in [0.5, 0.6) is 0 Å². The molecule has 114 valence electrons. The van der Waals surface area contributed by atoms with Crippen LogP contribution in [-0.2, 0) is 9.47 Å². The van der Waals surface area contributed by atoms with E-state index in [1.807, 2.05) is 0 Å². The number of nitrogens with zero attached hydrogens (tertiary/aromatic N) is 2. The zero-order valence-electron chi connectivity index (χ0n) is 11.2. The van der Waals surface area contributed by atoms with Gasteiger partial charge in [0.05, 0.1) is 23.2 Å². The minimum atomic E-state index is -0.661. The summed E-state index contributed by atoms with van der Waals surface area (Å²) in [5.74, 6) is -1.23. The number of ether oxygens (including phenoxy) is 2. The van der Waals surface area contributed by atoms with Crippen molar-refractivity contribution in [3.05, 3.63) is 33.1 Å². The predicted molar refractivity (Wildman–Crippen MR) is 74.1 cm³/mol. The van der Waals surface area contributed by atoms with Crippen molar-refractivity contribution in [2.75, 3.05) is 31.2 Å². The zero-order chi connectivity index (χ0) is 15.0. The quantitative estimate of drug-likeness (QED) is 0.620. The summed E-state index contributed by atoms with van der Waals surface area (Å²) in [7, 11) is 0. The highest BCUT2D eigenvalue weighted by Gasteiger charge is 2.40. The van der Waals surface area contributed by atoms with Crippen LogP contribution in [0.2, 0.25) is 5.02 Å². The van der Waals surface area contributed by atoms with Gasteiger partial charge in [0.2, 0.25) is 0 Å². The lowest BCUT2D eigenvalue weighted by Gasteiger charge is -2.38. The van der Waals surface area contributed by atoms with Crippen LogP contribution in [0.25, 0.3) is 0 Å². The van der Waals surface area contributed by atoms with Gasteiger partial charge in [-0.2, -0.15) is 0 Å². The molecule has 2 aliphatic heterocycles. The molecule has 0 saturated carbocycles. The van der Waals surface area contributed by atoms with Gasteiger partial charge in [0, 0.05) is 38.1 Å². The normalized spacial score (nSPS) is 21.0. The minimum absolute atomic E-state index is 0.189. The molecule has 1 aromatic rings. The smallest absolute Gasteiger partial charge is 0.294 e. The molecule has 0 N–H and O–H groups in total. The second-order valence-electron chi connectivity index (χ2n) is 5.11. The Kier molecular flexibility index (Phi) is 3.73. The Morgan fingerprint density at radius 2 is 1.90 bits per heavy atom. The fourth-order valence-electron chi connectivity index (χ4n) is 2.80.